The van der Waals surface area contributed by atoms with E-state index in [0.29, 0.717) is 22.4 Å². The number of nitrogens with zero attached hydrogens (tertiary/aromatic N) is 2. The Hall–Kier alpha value is -4.51. The summed E-state index contributed by atoms with van der Waals surface area (Å²) in [5.74, 6) is 0. The van der Waals surface area contributed by atoms with Gasteiger partial charge in [-0.2, -0.15) is 11.3 Å². The van der Waals surface area contributed by atoms with Gasteiger partial charge in [-0.05, 0) is 61.9 Å². The Morgan fingerprint density at radius 2 is 1.49 bits per heavy atom. The van der Waals surface area contributed by atoms with Gasteiger partial charge in [0.2, 0.25) is 0 Å². The summed E-state index contributed by atoms with van der Waals surface area (Å²) in [6.07, 6.45) is 2.03. The number of pyridine rings is 2. The van der Waals surface area contributed by atoms with Crippen LogP contribution < -0.4 is 5.19 Å². The van der Waals surface area contributed by atoms with Crippen molar-refractivity contribution in [2.24, 2.45) is 0 Å². The molecule has 0 fully saturated rings. The Morgan fingerprint density at radius 3 is 2.21 bits per heavy atom. The van der Waals surface area contributed by atoms with Crippen molar-refractivity contribution in [2.75, 3.05) is 0 Å². The van der Waals surface area contributed by atoms with E-state index in [4.69, 9.17) is 11.8 Å². The molecule has 2 nitrogen and oxygen atoms in total. The standard InChI is InChI=1S/C26H20NS.C22H24NSi.Ir/c1-26(2,18-9-4-3-5-10-18)19-15-16-27-23(17-19)22-13-8-12-21-20-11-6-7-14-24(20)28-25(21)22;1-17-10-12-19(13-11-17)21-15-20(14-18-8-6-5-7-9-18)22(16-23-21)24(2,3)4;/h3-12,14-17H,1-2H3;5-12,15-16H,14H2,1-4H3;/q2*-1;/i;1D3,14D2;. The third kappa shape index (κ3) is 8.50. The van der Waals surface area contributed by atoms with Crippen molar-refractivity contribution >= 4 is 44.8 Å². The smallest absolute Gasteiger partial charge is 0.0799 e. The number of fused-ring (bicyclic) bond motifs is 3. The fourth-order valence-electron chi connectivity index (χ4n) is 6.42. The van der Waals surface area contributed by atoms with E-state index in [0.717, 1.165) is 16.4 Å². The van der Waals surface area contributed by atoms with E-state index >= 15 is 0 Å². The molecule has 0 N–H and O–H groups in total. The largest absolute Gasteiger partial charge is 0.305 e. The molecule has 5 aromatic carbocycles. The average molecular weight is 906 g/mol. The molecule has 8 rings (SSSR count). The van der Waals surface area contributed by atoms with E-state index in [-0.39, 0.29) is 31.1 Å². The topological polar surface area (TPSA) is 25.8 Å². The fraction of sp³-hybridized carbons (Fsp3) is 0.167. The minimum atomic E-state index is -2.18. The summed E-state index contributed by atoms with van der Waals surface area (Å²) in [7, 11) is -1.87. The van der Waals surface area contributed by atoms with E-state index in [1.807, 2.05) is 41.8 Å². The average Bonchev–Trinajstić information content (AvgIpc) is 3.60. The first kappa shape index (κ1) is 32.0. The summed E-state index contributed by atoms with van der Waals surface area (Å²) < 4.78 is 42.8. The molecule has 0 aliphatic rings. The van der Waals surface area contributed by atoms with Crippen molar-refractivity contribution in [2.45, 2.75) is 52.1 Å². The SMILES string of the molecule is CC(C)(c1ccccc1)c1ccnc(-c2[c-]ccc3c2sc2ccccc23)c1.[2H]C([2H])([2H])c1c[c-]c(-c2cc(C([2H])([2H])c3ccccc3)c([Si](C)(C)C)cn2)cc1.[Ir]. The molecule has 0 atom stereocenters. The van der Waals surface area contributed by atoms with Crippen LogP contribution in [0.4, 0.5) is 0 Å². The van der Waals surface area contributed by atoms with Crippen LogP contribution in [-0.2, 0) is 31.9 Å². The number of hydrogen-bond donors (Lipinski definition) is 0. The predicted molar refractivity (Wildman–Crippen MR) is 225 cm³/mol. The summed E-state index contributed by atoms with van der Waals surface area (Å²) in [5.41, 5.74) is 7.20. The number of aromatic nitrogens is 2. The van der Waals surface area contributed by atoms with Crippen molar-refractivity contribution in [1.29, 1.82) is 0 Å². The number of aryl methyl sites for hydroxylation is 1. The minimum Gasteiger partial charge on any atom is -0.305 e. The molecule has 0 unspecified atom stereocenters. The zero-order valence-electron chi connectivity index (χ0n) is 35.5. The van der Waals surface area contributed by atoms with Crippen LogP contribution in [-0.4, -0.2) is 18.0 Å². The predicted octanol–water partition coefficient (Wildman–Crippen LogP) is 12.2. The van der Waals surface area contributed by atoms with Crippen LogP contribution in [0.2, 0.25) is 19.6 Å². The molecule has 5 heteroatoms. The molecule has 53 heavy (non-hydrogen) atoms. The van der Waals surface area contributed by atoms with Crippen LogP contribution in [0.1, 0.15) is 48.5 Å². The van der Waals surface area contributed by atoms with Gasteiger partial charge in [0.25, 0.3) is 0 Å². The molecule has 0 aliphatic heterocycles. The van der Waals surface area contributed by atoms with Crippen LogP contribution >= 0.6 is 11.3 Å². The van der Waals surface area contributed by atoms with Crippen molar-refractivity contribution in [1.82, 2.24) is 9.97 Å². The molecule has 3 heterocycles. The van der Waals surface area contributed by atoms with Crippen LogP contribution in [0.25, 0.3) is 42.7 Å². The van der Waals surface area contributed by atoms with Crippen LogP contribution in [0.3, 0.4) is 0 Å². The molecular weight excluding hydrogens is 857 g/mol. The van der Waals surface area contributed by atoms with E-state index in [1.54, 1.807) is 36.5 Å². The minimum absolute atomic E-state index is 0. The van der Waals surface area contributed by atoms with Crippen molar-refractivity contribution in [3.05, 3.63) is 186 Å². The van der Waals surface area contributed by atoms with Gasteiger partial charge in [-0.15, -0.1) is 59.2 Å². The first-order valence-electron chi connectivity index (χ1n) is 20.0. The van der Waals surface area contributed by atoms with Crippen LogP contribution in [0.5, 0.6) is 0 Å². The third-order valence-corrected chi connectivity index (χ3v) is 12.6. The van der Waals surface area contributed by atoms with Crippen LogP contribution in [0, 0.1) is 19.0 Å². The van der Waals surface area contributed by atoms with Gasteiger partial charge in [0, 0.05) is 49.5 Å². The zero-order valence-corrected chi connectivity index (χ0v) is 34.7. The monoisotopic (exact) mass is 906 g/mol. The zero-order chi connectivity index (χ0) is 40.6. The Kier molecular flexibility index (Phi) is 9.79. The fourth-order valence-corrected chi connectivity index (χ4v) is 9.03. The maximum atomic E-state index is 8.88. The van der Waals surface area contributed by atoms with Gasteiger partial charge < -0.3 is 9.97 Å². The van der Waals surface area contributed by atoms with Gasteiger partial charge in [-0.1, -0.05) is 142 Å². The Morgan fingerprint density at radius 1 is 0.755 bits per heavy atom. The quantitative estimate of drug-likeness (QED) is 0.118. The Bertz CT molecular complexity index is 2660. The normalized spacial score (nSPS) is 13.4. The van der Waals surface area contributed by atoms with E-state index in [9.17, 15) is 0 Å². The van der Waals surface area contributed by atoms with Gasteiger partial charge in [-0.3, -0.25) is 0 Å². The molecule has 3 aromatic heterocycles. The maximum Gasteiger partial charge on any atom is 0.0799 e. The first-order valence-corrected chi connectivity index (χ1v) is 21.8. The molecular formula is C48H44IrN2SSi-2. The summed E-state index contributed by atoms with van der Waals surface area (Å²) >= 11 is 1.82. The Balaban J connectivity index is 0.000000192. The van der Waals surface area contributed by atoms with Gasteiger partial charge in [-0.25, -0.2) is 0 Å². The second-order valence-electron chi connectivity index (χ2n) is 14.5. The number of thiophene rings is 1. The molecule has 0 amide bonds. The molecule has 267 valence electrons. The van der Waals surface area contributed by atoms with E-state index in [2.05, 4.69) is 123 Å². The molecule has 0 bridgehead atoms. The number of hydrogen-bond acceptors (Lipinski definition) is 3. The molecule has 0 aliphatic carbocycles. The van der Waals surface area contributed by atoms with Gasteiger partial charge in [0.1, 0.15) is 0 Å². The van der Waals surface area contributed by atoms with Gasteiger partial charge >= 0.3 is 0 Å². The Labute approximate surface area is 340 Å². The second kappa shape index (κ2) is 16.2. The van der Waals surface area contributed by atoms with Crippen molar-refractivity contribution in [3.8, 4) is 22.5 Å². The maximum absolute atomic E-state index is 8.88. The van der Waals surface area contributed by atoms with E-state index in [1.165, 1.54) is 37.4 Å². The number of rotatable bonds is 7. The molecule has 0 spiro atoms. The molecule has 0 saturated carbocycles. The molecule has 0 saturated heterocycles. The summed E-state index contributed by atoms with van der Waals surface area (Å²) in [4.78, 5) is 9.28. The summed E-state index contributed by atoms with van der Waals surface area (Å²) in [6.45, 7) is 8.87. The van der Waals surface area contributed by atoms with Crippen molar-refractivity contribution in [3.63, 3.8) is 0 Å². The number of benzene rings is 5. The molecule has 1 radical (unpaired) electrons. The summed E-state index contributed by atoms with van der Waals surface area (Å²) in [6, 6.07) is 49.9. The summed E-state index contributed by atoms with van der Waals surface area (Å²) in [5, 5.41) is 3.55. The first-order chi connectivity index (χ1) is 27.0. The molecule has 8 aromatic rings. The van der Waals surface area contributed by atoms with Crippen LogP contribution in [0.15, 0.2) is 146 Å². The second-order valence-corrected chi connectivity index (χ2v) is 20.6. The third-order valence-electron chi connectivity index (χ3n) is 9.43. The van der Waals surface area contributed by atoms with E-state index < -0.39 is 21.3 Å². The van der Waals surface area contributed by atoms with Gasteiger partial charge in [0.15, 0.2) is 0 Å². The van der Waals surface area contributed by atoms with Crippen molar-refractivity contribution < 1.29 is 27.0 Å². The van der Waals surface area contributed by atoms with Gasteiger partial charge in [0.05, 0.1) is 8.07 Å².